The lowest BCUT2D eigenvalue weighted by Gasteiger charge is -2.33. The highest BCUT2D eigenvalue weighted by Gasteiger charge is 2.20. The van der Waals surface area contributed by atoms with Crippen LogP contribution in [0.25, 0.3) is 0 Å². The molecule has 1 aromatic carbocycles. The molecule has 0 amide bonds. The van der Waals surface area contributed by atoms with Crippen LogP contribution in [0.3, 0.4) is 0 Å². The van der Waals surface area contributed by atoms with Crippen molar-refractivity contribution in [3.8, 4) is 0 Å². The second-order valence-electron chi connectivity index (χ2n) is 7.36. The van der Waals surface area contributed by atoms with Crippen molar-refractivity contribution >= 4 is 29.9 Å². The normalized spacial score (nSPS) is 15.8. The number of guanidine groups is 1. The van der Waals surface area contributed by atoms with Crippen LogP contribution >= 0.6 is 24.0 Å². The number of benzene rings is 1. The van der Waals surface area contributed by atoms with E-state index in [9.17, 15) is 4.39 Å². The number of likely N-dealkylation sites (tertiary alicyclic amines) is 1. The van der Waals surface area contributed by atoms with Gasteiger partial charge in [-0.1, -0.05) is 12.1 Å². The van der Waals surface area contributed by atoms with E-state index in [-0.39, 0.29) is 29.8 Å². The summed E-state index contributed by atoms with van der Waals surface area (Å²) in [7, 11) is 0. The average molecular weight is 514 g/mol. The quantitative estimate of drug-likeness (QED) is 0.339. The largest absolute Gasteiger partial charge is 0.357 e. The first-order valence-corrected chi connectivity index (χ1v) is 10.1. The van der Waals surface area contributed by atoms with Crippen molar-refractivity contribution in [2.24, 2.45) is 4.99 Å². The van der Waals surface area contributed by atoms with Gasteiger partial charge in [0.25, 0.3) is 0 Å². The molecule has 1 aliphatic heterocycles. The minimum Gasteiger partial charge on any atom is -0.357 e. The van der Waals surface area contributed by atoms with Gasteiger partial charge in [0.2, 0.25) is 0 Å². The molecule has 0 spiro atoms. The second kappa shape index (κ2) is 12.1. The van der Waals surface area contributed by atoms with Crippen LogP contribution in [0.5, 0.6) is 0 Å². The molecule has 0 unspecified atom stereocenters. The maximum absolute atomic E-state index is 13.0. The van der Waals surface area contributed by atoms with Crippen LogP contribution in [0, 0.1) is 12.7 Å². The lowest BCUT2D eigenvalue weighted by Crippen LogP contribution is -2.48. The van der Waals surface area contributed by atoms with Gasteiger partial charge in [-0.2, -0.15) is 5.10 Å². The van der Waals surface area contributed by atoms with Gasteiger partial charge in [0.1, 0.15) is 5.82 Å². The maximum Gasteiger partial charge on any atom is 0.191 e. The van der Waals surface area contributed by atoms with Crippen LogP contribution in [-0.4, -0.2) is 52.9 Å². The van der Waals surface area contributed by atoms with Gasteiger partial charge < -0.3 is 10.6 Å². The van der Waals surface area contributed by atoms with Crippen LogP contribution in [0.15, 0.2) is 41.7 Å². The summed E-state index contributed by atoms with van der Waals surface area (Å²) in [5.74, 6) is 0.702. The first kappa shape index (κ1) is 23.6. The van der Waals surface area contributed by atoms with Crippen molar-refractivity contribution in [1.82, 2.24) is 25.3 Å². The molecule has 1 aromatic heterocycles. The molecule has 6 nitrogen and oxygen atoms in total. The van der Waals surface area contributed by atoms with Gasteiger partial charge in [0.05, 0.1) is 19.3 Å². The van der Waals surface area contributed by atoms with E-state index in [1.54, 1.807) is 0 Å². The molecule has 29 heavy (non-hydrogen) atoms. The Balaban J connectivity index is 0.00000300. The summed E-state index contributed by atoms with van der Waals surface area (Å²) >= 11 is 0. The van der Waals surface area contributed by atoms with Crippen molar-refractivity contribution in [2.75, 3.05) is 26.2 Å². The van der Waals surface area contributed by atoms with Crippen molar-refractivity contribution in [2.45, 2.75) is 45.8 Å². The first-order valence-electron chi connectivity index (χ1n) is 10.1. The van der Waals surface area contributed by atoms with Gasteiger partial charge in [0, 0.05) is 38.4 Å². The van der Waals surface area contributed by atoms with Gasteiger partial charge in [0.15, 0.2) is 5.96 Å². The molecule has 0 radical (unpaired) electrons. The van der Waals surface area contributed by atoms with Gasteiger partial charge in [-0.25, -0.2) is 4.39 Å². The zero-order valence-electron chi connectivity index (χ0n) is 17.3. The number of aliphatic imine (C=N–C) groups is 1. The Morgan fingerprint density at radius 2 is 1.97 bits per heavy atom. The Kier molecular flexibility index (Phi) is 9.86. The predicted octanol–water partition coefficient (Wildman–Crippen LogP) is 3.17. The molecule has 160 valence electrons. The van der Waals surface area contributed by atoms with E-state index in [1.807, 2.05) is 36.1 Å². The number of nitrogens with zero attached hydrogens (tertiary/aromatic N) is 4. The van der Waals surface area contributed by atoms with Gasteiger partial charge in [-0.3, -0.25) is 14.6 Å². The molecule has 0 bridgehead atoms. The number of halogens is 2. The molecule has 2 aromatic rings. The summed E-state index contributed by atoms with van der Waals surface area (Å²) in [5.41, 5.74) is 2.33. The average Bonchev–Trinajstić information content (AvgIpc) is 3.10. The third-order valence-electron chi connectivity index (χ3n) is 4.95. The second-order valence-corrected chi connectivity index (χ2v) is 7.36. The fourth-order valence-electron chi connectivity index (χ4n) is 3.45. The summed E-state index contributed by atoms with van der Waals surface area (Å²) in [6.07, 6.45) is 6.05. The highest BCUT2D eigenvalue weighted by atomic mass is 127. The highest BCUT2D eigenvalue weighted by molar-refractivity contribution is 14.0. The minimum atomic E-state index is -0.176. The number of hydrogen-bond acceptors (Lipinski definition) is 3. The van der Waals surface area contributed by atoms with E-state index < -0.39 is 0 Å². The Morgan fingerprint density at radius 1 is 1.24 bits per heavy atom. The Labute approximate surface area is 190 Å². The van der Waals surface area contributed by atoms with Crippen molar-refractivity contribution < 1.29 is 4.39 Å². The highest BCUT2D eigenvalue weighted by Crippen LogP contribution is 2.14. The summed E-state index contributed by atoms with van der Waals surface area (Å²) in [5, 5.41) is 11.2. The molecule has 2 N–H and O–H groups in total. The van der Waals surface area contributed by atoms with E-state index in [1.165, 1.54) is 17.7 Å². The topological polar surface area (TPSA) is 57.5 Å². The third kappa shape index (κ3) is 7.93. The predicted molar refractivity (Wildman–Crippen MR) is 126 cm³/mol. The Bertz CT molecular complexity index is 753. The molecular weight excluding hydrogens is 482 g/mol. The lowest BCUT2D eigenvalue weighted by atomic mass is 10.0. The van der Waals surface area contributed by atoms with E-state index in [2.05, 4.69) is 27.6 Å². The number of aromatic nitrogens is 2. The fraction of sp³-hybridized carbons (Fsp3) is 0.524. The molecule has 1 aliphatic rings. The van der Waals surface area contributed by atoms with Crippen molar-refractivity contribution in [3.05, 3.63) is 53.6 Å². The summed E-state index contributed by atoms with van der Waals surface area (Å²) < 4.78 is 15.0. The molecule has 0 aliphatic carbocycles. The maximum atomic E-state index is 13.0. The summed E-state index contributed by atoms with van der Waals surface area (Å²) in [6.45, 7) is 9.38. The molecule has 2 heterocycles. The summed E-state index contributed by atoms with van der Waals surface area (Å²) in [4.78, 5) is 7.12. The Morgan fingerprint density at radius 3 is 2.59 bits per heavy atom. The van der Waals surface area contributed by atoms with E-state index >= 15 is 0 Å². The molecule has 0 atom stereocenters. The molecule has 3 rings (SSSR count). The monoisotopic (exact) mass is 514 g/mol. The fourth-order valence-corrected chi connectivity index (χ4v) is 3.45. The molecular formula is C21H32FIN6. The van der Waals surface area contributed by atoms with Crippen molar-refractivity contribution in [3.63, 3.8) is 0 Å². The number of aryl methyl sites for hydroxylation is 1. The molecule has 1 saturated heterocycles. The van der Waals surface area contributed by atoms with E-state index in [0.29, 0.717) is 12.6 Å². The number of hydrogen-bond donors (Lipinski definition) is 2. The molecule has 1 fully saturated rings. The van der Waals surface area contributed by atoms with E-state index in [0.717, 1.165) is 57.1 Å². The molecule has 0 saturated carbocycles. The Hall–Kier alpha value is -1.68. The van der Waals surface area contributed by atoms with Gasteiger partial charge in [-0.05, 0) is 49.9 Å². The van der Waals surface area contributed by atoms with Crippen LogP contribution in [0.4, 0.5) is 4.39 Å². The lowest BCUT2D eigenvalue weighted by molar-refractivity contribution is 0.198. The number of piperidine rings is 1. The minimum absolute atomic E-state index is 0. The van der Waals surface area contributed by atoms with Crippen LogP contribution in [0.2, 0.25) is 0 Å². The zero-order valence-corrected chi connectivity index (χ0v) is 19.6. The SMILES string of the molecule is CCNC(=NCCn1cc(C)cn1)NC1CCN(Cc2ccc(F)cc2)CC1.I. The number of rotatable bonds is 7. The number of nitrogens with one attached hydrogen (secondary N) is 2. The zero-order chi connectivity index (χ0) is 19.8. The third-order valence-corrected chi connectivity index (χ3v) is 4.95. The first-order chi connectivity index (χ1) is 13.6. The van der Waals surface area contributed by atoms with Crippen LogP contribution in [0.1, 0.15) is 30.9 Å². The van der Waals surface area contributed by atoms with Gasteiger partial charge >= 0.3 is 0 Å². The standard InChI is InChI=1S/C21H31FN6.HI/c1-3-23-21(24-10-13-28-15-17(2)14-25-28)26-20-8-11-27(12-9-20)16-18-4-6-19(22)7-5-18;/h4-7,14-15,20H,3,8-13,16H2,1-2H3,(H2,23,24,26);1H. The van der Waals surface area contributed by atoms with Crippen molar-refractivity contribution in [1.29, 1.82) is 0 Å². The van der Waals surface area contributed by atoms with Gasteiger partial charge in [-0.15, -0.1) is 24.0 Å². The van der Waals surface area contributed by atoms with Crippen LogP contribution < -0.4 is 10.6 Å². The smallest absolute Gasteiger partial charge is 0.191 e. The van der Waals surface area contributed by atoms with Crippen LogP contribution in [-0.2, 0) is 13.1 Å². The van der Waals surface area contributed by atoms with E-state index in [4.69, 9.17) is 4.99 Å². The molecule has 8 heteroatoms. The summed E-state index contributed by atoms with van der Waals surface area (Å²) in [6, 6.07) is 7.24.